The Labute approximate surface area is 209 Å². The van der Waals surface area contributed by atoms with E-state index < -0.39 is 11.8 Å². The predicted octanol–water partition coefficient (Wildman–Crippen LogP) is 4.27. The number of hydrogen-bond donors (Lipinski definition) is 2. The Morgan fingerprint density at radius 3 is 2.69 bits per heavy atom. The number of rotatable bonds is 9. The van der Waals surface area contributed by atoms with Gasteiger partial charge in [-0.3, -0.25) is 14.3 Å². The van der Waals surface area contributed by atoms with Gasteiger partial charge in [0.15, 0.2) is 6.61 Å². The lowest BCUT2D eigenvalue weighted by molar-refractivity contribution is -0.123. The van der Waals surface area contributed by atoms with E-state index in [1.165, 1.54) is 30.2 Å². The van der Waals surface area contributed by atoms with E-state index in [0.717, 1.165) is 24.0 Å². The number of nitrogens with two attached hydrogens (primary N) is 1. The number of halogens is 1. The molecular weight excluding hydrogens is 466 g/mol. The first-order chi connectivity index (χ1) is 17.0. The summed E-state index contributed by atoms with van der Waals surface area (Å²) >= 11 is 6.23. The molecule has 4 rings (SSSR count). The number of carbonyl (C=O) groups excluding carboxylic acids is 2. The second kappa shape index (κ2) is 11.7. The highest BCUT2D eigenvalue weighted by Crippen LogP contribution is 2.38. The maximum atomic E-state index is 12.4. The van der Waals surface area contributed by atoms with Gasteiger partial charge in [0, 0.05) is 22.3 Å². The highest BCUT2D eigenvalue weighted by atomic mass is 35.5. The van der Waals surface area contributed by atoms with Crippen LogP contribution in [0.5, 0.6) is 5.75 Å². The zero-order valence-electron chi connectivity index (χ0n) is 19.3. The number of ether oxygens (including phenoxy) is 1. The number of carbonyl (C=O) groups is 2. The lowest BCUT2D eigenvalue weighted by atomic mass is 9.84. The lowest BCUT2D eigenvalue weighted by Gasteiger charge is -2.24. The van der Waals surface area contributed by atoms with Crippen molar-refractivity contribution in [3.63, 3.8) is 0 Å². The summed E-state index contributed by atoms with van der Waals surface area (Å²) in [5.41, 5.74) is 11.0. The van der Waals surface area contributed by atoms with Crippen molar-refractivity contribution in [1.82, 2.24) is 15.2 Å². The van der Waals surface area contributed by atoms with Crippen LogP contribution >= 0.6 is 11.6 Å². The summed E-state index contributed by atoms with van der Waals surface area (Å²) < 4.78 is 7.29. The highest BCUT2D eigenvalue weighted by Gasteiger charge is 2.20. The Hall–Kier alpha value is -3.65. The minimum atomic E-state index is -0.504. The SMILES string of the molecule is NC(=O)Cn1cc(/C=N\NC(=O)COc2ccc(Cl)cc2C2CCCCC2)c(-c2ccccc2)n1. The molecule has 2 aromatic carbocycles. The van der Waals surface area contributed by atoms with Crippen LogP contribution in [0.2, 0.25) is 5.02 Å². The largest absolute Gasteiger partial charge is 0.483 e. The quantitative estimate of drug-likeness (QED) is 0.342. The third kappa shape index (κ3) is 6.70. The molecule has 1 fully saturated rings. The molecule has 1 aliphatic carbocycles. The summed E-state index contributed by atoms with van der Waals surface area (Å²) in [5.74, 6) is 0.179. The molecule has 0 bridgehead atoms. The van der Waals surface area contributed by atoms with Gasteiger partial charge in [0.05, 0.1) is 6.21 Å². The fourth-order valence-corrected chi connectivity index (χ4v) is 4.51. The standard InChI is InChI=1S/C26H28ClN5O3/c27-21-11-12-23(22(13-21)18-7-3-1-4-8-18)35-17-25(34)30-29-14-20-15-32(16-24(28)33)31-26(20)19-9-5-2-6-10-19/h2,5-6,9-15,18H,1,3-4,7-8,16-17H2,(H2,28,33)(H,30,34)/b29-14-. The number of benzene rings is 2. The van der Waals surface area contributed by atoms with Crippen LogP contribution in [-0.4, -0.2) is 34.4 Å². The van der Waals surface area contributed by atoms with Gasteiger partial charge in [-0.1, -0.05) is 61.2 Å². The van der Waals surface area contributed by atoms with Crippen molar-refractivity contribution in [2.24, 2.45) is 10.8 Å². The number of nitrogens with zero attached hydrogens (tertiary/aromatic N) is 3. The second-order valence-electron chi connectivity index (χ2n) is 8.56. The molecule has 0 unspecified atom stereocenters. The normalized spacial score (nSPS) is 14.2. The van der Waals surface area contributed by atoms with Crippen LogP contribution in [-0.2, 0) is 16.1 Å². The number of hydrogen-bond acceptors (Lipinski definition) is 5. The molecule has 3 N–H and O–H groups in total. The van der Waals surface area contributed by atoms with Gasteiger partial charge in [-0.2, -0.15) is 10.2 Å². The fraction of sp³-hybridized carbons (Fsp3) is 0.308. The van der Waals surface area contributed by atoms with Crippen molar-refractivity contribution in [1.29, 1.82) is 0 Å². The molecule has 8 nitrogen and oxygen atoms in total. The third-order valence-electron chi connectivity index (χ3n) is 5.92. The van der Waals surface area contributed by atoms with E-state index in [-0.39, 0.29) is 13.2 Å². The van der Waals surface area contributed by atoms with E-state index in [4.69, 9.17) is 22.1 Å². The highest BCUT2D eigenvalue weighted by molar-refractivity contribution is 6.30. The molecule has 1 aromatic heterocycles. The predicted molar refractivity (Wildman–Crippen MR) is 135 cm³/mol. The molecule has 1 aliphatic rings. The molecule has 0 saturated heterocycles. The first-order valence-corrected chi connectivity index (χ1v) is 12.0. The zero-order valence-corrected chi connectivity index (χ0v) is 20.1. The first kappa shape index (κ1) is 24.5. The first-order valence-electron chi connectivity index (χ1n) is 11.6. The van der Waals surface area contributed by atoms with Gasteiger partial charge < -0.3 is 10.5 Å². The molecule has 9 heteroatoms. The smallest absolute Gasteiger partial charge is 0.277 e. The van der Waals surface area contributed by atoms with Crippen molar-refractivity contribution in [2.45, 2.75) is 44.6 Å². The number of hydrazone groups is 1. The zero-order chi connectivity index (χ0) is 24.6. The van der Waals surface area contributed by atoms with E-state index in [0.29, 0.717) is 27.9 Å². The van der Waals surface area contributed by atoms with Crippen molar-refractivity contribution in [3.05, 3.63) is 70.9 Å². The molecule has 182 valence electrons. The summed E-state index contributed by atoms with van der Waals surface area (Å²) in [6.07, 6.45) is 8.96. The summed E-state index contributed by atoms with van der Waals surface area (Å²) in [6.45, 7) is -0.233. The molecule has 2 amide bonds. The Balaban J connectivity index is 1.41. The van der Waals surface area contributed by atoms with Crippen LogP contribution in [0.15, 0.2) is 59.8 Å². The molecule has 35 heavy (non-hydrogen) atoms. The maximum Gasteiger partial charge on any atom is 0.277 e. The molecule has 0 radical (unpaired) electrons. The minimum absolute atomic E-state index is 0.0572. The van der Waals surface area contributed by atoms with Crippen molar-refractivity contribution >= 4 is 29.6 Å². The number of primary amides is 1. The van der Waals surface area contributed by atoms with Crippen molar-refractivity contribution < 1.29 is 14.3 Å². The van der Waals surface area contributed by atoms with Crippen LogP contribution in [0, 0.1) is 0 Å². The van der Waals surface area contributed by atoms with Gasteiger partial charge in [0.25, 0.3) is 5.91 Å². The van der Waals surface area contributed by atoms with Crippen LogP contribution in [0.4, 0.5) is 0 Å². The van der Waals surface area contributed by atoms with E-state index >= 15 is 0 Å². The van der Waals surface area contributed by atoms with Crippen LogP contribution < -0.4 is 15.9 Å². The van der Waals surface area contributed by atoms with Gasteiger partial charge in [0.1, 0.15) is 18.0 Å². The Kier molecular flexibility index (Phi) is 8.15. The maximum absolute atomic E-state index is 12.4. The van der Waals surface area contributed by atoms with Crippen molar-refractivity contribution in [2.75, 3.05) is 6.61 Å². The van der Waals surface area contributed by atoms with E-state index in [2.05, 4.69) is 15.6 Å². The lowest BCUT2D eigenvalue weighted by Crippen LogP contribution is -2.25. The Morgan fingerprint density at radius 1 is 1.17 bits per heavy atom. The Bertz CT molecular complexity index is 1200. The van der Waals surface area contributed by atoms with E-state index in [9.17, 15) is 9.59 Å². The van der Waals surface area contributed by atoms with Crippen molar-refractivity contribution in [3.8, 4) is 17.0 Å². The summed E-state index contributed by atoms with van der Waals surface area (Å²) in [4.78, 5) is 23.7. The molecule has 3 aromatic rings. The van der Waals surface area contributed by atoms with Gasteiger partial charge in [0.2, 0.25) is 5.91 Å². The van der Waals surface area contributed by atoms with Gasteiger partial charge in [-0.05, 0) is 42.5 Å². The topological polar surface area (TPSA) is 112 Å². The molecular formula is C26H28ClN5O3. The van der Waals surface area contributed by atoms with E-state index in [1.54, 1.807) is 12.3 Å². The summed E-state index contributed by atoms with van der Waals surface area (Å²) in [5, 5.41) is 9.16. The van der Waals surface area contributed by atoms with Gasteiger partial charge in [-0.25, -0.2) is 5.43 Å². The minimum Gasteiger partial charge on any atom is -0.483 e. The second-order valence-corrected chi connectivity index (χ2v) is 9.00. The molecule has 1 heterocycles. The molecule has 1 saturated carbocycles. The molecule has 0 atom stereocenters. The van der Waals surface area contributed by atoms with Gasteiger partial charge >= 0.3 is 0 Å². The number of amides is 2. The van der Waals surface area contributed by atoms with Gasteiger partial charge in [-0.15, -0.1) is 0 Å². The number of aromatic nitrogens is 2. The third-order valence-corrected chi connectivity index (χ3v) is 6.16. The summed E-state index contributed by atoms with van der Waals surface area (Å²) in [7, 11) is 0. The molecule has 0 spiro atoms. The number of nitrogens with one attached hydrogen (secondary N) is 1. The monoisotopic (exact) mass is 493 g/mol. The molecule has 0 aliphatic heterocycles. The van der Waals surface area contributed by atoms with Crippen LogP contribution in [0.1, 0.15) is 49.1 Å². The van der Waals surface area contributed by atoms with E-state index in [1.807, 2.05) is 42.5 Å². The summed E-state index contributed by atoms with van der Waals surface area (Å²) in [6, 6.07) is 15.0. The average molecular weight is 494 g/mol. The average Bonchev–Trinajstić information content (AvgIpc) is 3.26. The van der Waals surface area contributed by atoms with Crippen LogP contribution in [0.3, 0.4) is 0 Å². The van der Waals surface area contributed by atoms with Crippen LogP contribution in [0.25, 0.3) is 11.3 Å². The fourth-order valence-electron chi connectivity index (χ4n) is 4.33. The Morgan fingerprint density at radius 2 is 1.94 bits per heavy atom.